The van der Waals surface area contributed by atoms with Gasteiger partial charge >= 0.3 is 0 Å². The number of hydrogen-bond donors (Lipinski definition) is 1. The SMILES string of the molecule is Cc1cc(C)c(NC(=O)c2cncnc2C)c(C)c1. The first kappa shape index (κ1) is 13.2. The molecule has 0 saturated carbocycles. The molecule has 1 aromatic carbocycles. The minimum Gasteiger partial charge on any atom is -0.321 e. The van der Waals surface area contributed by atoms with E-state index in [0.717, 1.165) is 16.8 Å². The van der Waals surface area contributed by atoms with E-state index in [0.29, 0.717) is 11.3 Å². The molecule has 1 aromatic heterocycles. The number of rotatable bonds is 2. The molecule has 0 spiro atoms. The van der Waals surface area contributed by atoms with E-state index in [1.807, 2.05) is 20.8 Å². The third-order valence-electron chi connectivity index (χ3n) is 3.07. The highest BCUT2D eigenvalue weighted by Gasteiger charge is 2.13. The maximum Gasteiger partial charge on any atom is 0.259 e. The lowest BCUT2D eigenvalue weighted by atomic mass is 10.0. The average molecular weight is 255 g/mol. The molecule has 0 bridgehead atoms. The van der Waals surface area contributed by atoms with Crippen molar-refractivity contribution in [1.82, 2.24) is 9.97 Å². The molecule has 0 aliphatic carbocycles. The normalized spacial score (nSPS) is 10.3. The Morgan fingerprint density at radius 2 is 1.74 bits per heavy atom. The van der Waals surface area contributed by atoms with Crippen LogP contribution in [0.3, 0.4) is 0 Å². The van der Waals surface area contributed by atoms with Crippen molar-refractivity contribution in [2.75, 3.05) is 5.32 Å². The van der Waals surface area contributed by atoms with E-state index in [9.17, 15) is 4.79 Å². The lowest BCUT2D eigenvalue weighted by molar-refractivity contribution is 0.102. The number of aryl methyl sites for hydroxylation is 4. The van der Waals surface area contributed by atoms with Crippen molar-refractivity contribution in [3.05, 3.63) is 52.6 Å². The number of nitrogens with zero attached hydrogens (tertiary/aromatic N) is 2. The minimum absolute atomic E-state index is 0.173. The highest BCUT2D eigenvalue weighted by atomic mass is 16.1. The smallest absolute Gasteiger partial charge is 0.259 e. The third kappa shape index (κ3) is 2.78. The van der Waals surface area contributed by atoms with E-state index in [1.54, 1.807) is 6.92 Å². The van der Waals surface area contributed by atoms with Gasteiger partial charge in [-0.25, -0.2) is 9.97 Å². The average Bonchev–Trinajstić information content (AvgIpc) is 2.34. The topological polar surface area (TPSA) is 54.9 Å². The lowest BCUT2D eigenvalue weighted by Gasteiger charge is -2.13. The maximum absolute atomic E-state index is 12.2. The van der Waals surface area contributed by atoms with Gasteiger partial charge < -0.3 is 5.32 Å². The molecule has 4 nitrogen and oxygen atoms in total. The first-order valence-electron chi connectivity index (χ1n) is 6.15. The largest absolute Gasteiger partial charge is 0.321 e. The number of carbonyl (C=O) groups excluding carboxylic acids is 1. The zero-order valence-corrected chi connectivity index (χ0v) is 11.6. The molecule has 0 atom stereocenters. The summed E-state index contributed by atoms with van der Waals surface area (Å²) in [6.07, 6.45) is 2.98. The van der Waals surface area contributed by atoms with Gasteiger partial charge in [-0.3, -0.25) is 4.79 Å². The third-order valence-corrected chi connectivity index (χ3v) is 3.07. The summed E-state index contributed by atoms with van der Waals surface area (Å²) < 4.78 is 0. The summed E-state index contributed by atoms with van der Waals surface area (Å²) in [4.78, 5) is 20.2. The Bertz CT molecular complexity index is 612. The Labute approximate surface area is 112 Å². The van der Waals surface area contributed by atoms with Gasteiger partial charge in [0, 0.05) is 11.9 Å². The van der Waals surface area contributed by atoms with Crippen LogP contribution in [0.15, 0.2) is 24.7 Å². The minimum atomic E-state index is -0.173. The molecule has 0 unspecified atom stereocenters. The van der Waals surface area contributed by atoms with E-state index in [4.69, 9.17) is 0 Å². The van der Waals surface area contributed by atoms with Gasteiger partial charge in [0.25, 0.3) is 5.91 Å². The summed E-state index contributed by atoms with van der Waals surface area (Å²) >= 11 is 0. The van der Waals surface area contributed by atoms with Crippen LogP contribution in [-0.2, 0) is 0 Å². The van der Waals surface area contributed by atoms with Gasteiger partial charge in [0.15, 0.2) is 0 Å². The van der Waals surface area contributed by atoms with Crippen LogP contribution in [0.5, 0.6) is 0 Å². The van der Waals surface area contributed by atoms with Gasteiger partial charge in [-0.15, -0.1) is 0 Å². The molecule has 98 valence electrons. The number of aromatic nitrogens is 2. The Balaban J connectivity index is 2.32. The molecule has 2 rings (SSSR count). The molecule has 1 heterocycles. The number of amides is 1. The van der Waals surface area contributed by atoms with E-state index in [1.165, 1.54) is 18.1 Å². The Hall–Kier alpha value is -2.23. The second-order valence-electron chi connectivity index (χ2n) is 4.75. The second kappa shape index (κ2) is 5.18. The summed E-state index contributed by atoms with van der Waals surface area (Å²) in [6.45, 7) is 7.82. The van der Waals surface area contributed by atoms with Gasteiger partial charge in [-0.2, -0.15) is 0 Å². The summed E-state index contributed by atoms with van der Waals surface area (Å²) in [5.74, 6) is -0.173. The molecule has 0 radical (unpaired) electrons. The summed E-state index contributed by atoms with van der Waals surface area (Å²) in [6, 6.07) is 4.11. The summed E-state index contributed by atoms with van der Waals surface area (Å²) in [7, 11) is 0. The van der Waals surface area contributed by atoms with Crippen molar-refractivity contribution < 1.29 is 4.79 Å². The van der Waals surface area contributed by atoms with E-state index >= 15 is 0 Å². The number of carbonyl (C=O) groups is 1. The van der Waals surface area contributed by atoms with Crippen LogP contribution in [0, 0.1) is 27.7 Å². The number of nitrogens with one attached hydrogen (secondary N) is 1. The van der Waals surface area contributed by atoms with Gasteiger partial charge in [0.2, 0.25) is 0 Å². The highest BCUT2D eigenvalue weighted by Crippen LogP contribution is 2.22. The monoisotopic (exact) mass is 255 g/mol. The summed E-state index contributed by atoms with van der Waals surface area (Å²) in [5, 5.41) is 2.94. The van der Waals surface area contributed by atoms with E-state index in [2.05, 4.69) is 27.4 Å². The molecule has 2 aromatic rings. The van der Waals surface area contributed by atoms with Crippen LogP contribution in [0.1, 0.15) is 32.7 Å². The summed E-state index contributed by atoms with van der Waals surface area (Å²) in [5.41, 5.74) is 5.34. The van der Waals surface area contributed by atoms with Crippen molar-refractivity contribution in [2.45, 2.75) is 27.7 Å². The Kier molecular flexibility index (Phi) is 3.60. The van der Waals surface area contributed by atoms with Gasteiger partial charge in [-0.05, 0) is 38.8 Å². The first-order valence-corrected chi connectivity index (χ1v) is 6.15. The van der Waals surface area contributed by atoms with Crippen molar-refractivity contribution in [3.63, 3.8) is 0 Å². The first-order chi connectivity index (χ1) is 8.99. The zero-order valence-electron chi connectivity index (χ0n) is 11.6. The zero-order chi connectivity index (χ0) is 14.0. The highest BCUT2D eigenvalue weighted by molar-refractivity contribution is 6.05. The molecule has 0 aliphatic rings. The predicted octanol–water partition coefficient (Wildman–Crippen LogP) is 2.96. The number of benzene rings is 1. The standard InChI is InChI=1S/C15H17N3O/c1-9-5-10(2)14(11(3)6-9)18-15(19)13-7-16-8-17-12(13)4/h5-8H,1-4H3,(H,18,19). The quantitative estimate of drug-likeness (QED) is 0.897. The molecule has 4 heteroatoms. The molecule has 0 saturated heterocycles. The van der Waals surface area contributed by atoms with Crippen molar-refractivity contribution in [2.24, 2.45) is 0 Å². The van der Waals surface area contributed by atoms with Gasteiger partial charge in [0.05, 0.1) is 11.3 Å². The lowest BCUT2D eigenvalue weighted by Crippen LogP contribution is -2.16. The molecular formula is C15H17N3O. The molecule has 0 fully saturated rings. The van der Waals surface area contributed by atoms with Crippen LogP contribution >= 0.6 is 0 Å². The van der Waals surface area contributed by atoms with E-state index in [-0.39, 0.29) is 5.91 Å². The Morgan fingerprint density at radius 3 is 2.32 bits per heavy atom. The van der Waals surface area contributed by atoms with Crippen LogP contribution in [0.2, 0.25) is 0 Å². The van der Waals surface area contributed by atoms with Crippen LogP contribution < -0.4 is 5.32 Å². The number of anilines is 1. The van der Waals surface area contributed by atoms with Crippen LogP contribution in [0.25, 0.3) is 0 Å². The molecule has 1 N–H and O–H groups in total. The fourth-order valence-corrected chi connectivity index (χ4v) is 2.17. The van der Waals surface area contributed by atoms with Crippen molar-refractivity contribution in [3.8, 4) is 0 Å². The van der Waals surface area contributed by atoms with Crippen molar-refractivity contribution >= 4 is 11.6 Å². The van der Waals surface area contributed by atoms with Gasteiger partial charge in [-0.1, -0.05) is 17.7 Å². The Morgan fingerprint density at radius 1 is 1.11 bits per heavy atom. The fraction of sp³-hybridized carbons (Fsp3) is 0.267. The van der Waals surface area contributed by atoms with Crippen molar-refractivity contribution in [1.29, 1.82) is 0 Å². The predicted molar refractivity (Wildman–Crippen MR) is 75.4 cm³/mol. The van der Waals surface area contributed by atoms with Crippen LogP contribution in [0.4, 0.5) is 5.69 Å². The maximum atomic E-state index is 12.2. The number of hydrogen-bond acceptors (Lipinski definition) is 3. The molecule has 0 aliphatic heterocycles. The van der Waals surface area contributed by atoms with Crippen LogP contribution in [-0.4, -0.2) is 15.9 Å². The van der Waals surface area contributed by atoms with E-state index < -0.39 is 0 Å². The second-order valence-corrected chi connectivity index (χ2v) is 4.75. The molecular weight excluding hydrogens is 238 g/mol. The fourth-order valence-electron chi connectivity index (χ4n) is 2.17. The molecule has 1 amide bonds. The van der Waals surface area contributed by atoms with Gasteiger partial charge in [0.1, 0.15) is 6.33 Å². The molecule has 19 heavy (non-hydrogen) atoms.